The van der Waals surface area contributed by atoms with E-state index in [1.54, 1.807) is 0 Å². The van der Waals surface area contributed by atoms with E-state index < -0.39 is 0 Å². The normalized spacial score (nSPS) is 33.6. The summed E-state index contributed by atoms with van der Waals surface area (Å²) < 4.78 is 0. The van der Waals surface area contributed by atoms with Crippen molar-refractivity contribution in [2.45, 2.75) is 50.6 Å². The minimum Gasteiger partial charge on any atom is -0.332 e. The Bertz CT molecular complexity index is 290. The second-order valence-electron chi connectivity index (χ2n) is 4.99. The minimum absolute atomic E-state index is 0.0238. The molecule has 2 heterocycles. The third-order valence-electron chi connectivity index (χ3n) is 4.02. The zero-order valence-corrected chi connectivity index (χ0v) is 10.2. The molecule has 16 heavy (non-hydrogen) atoms. The zero-order chi connectivity index (χ0) is 11.6. The average Bonchev–Trinajstić information content (AvgIpc) is 2.50. The van der Waals surface area contributed by atoms with Gasteiger partial charge in [0.15, 0.2) is 0 Å². The second-order valence-corrected chi connectivity index (χ2v) is 4.99. The molecule has 2 atom stereocenters. The SMILES string of the molecule is C=CCC12CCC(CCNC1)N2C(=O)CC. The second kappa shape index (κ2) is 4.58. The zero-order valence-electron chi connectivity index (χ0n) is 10.2. The first-order valence-corrected chi connectivity index (χ1v) is 6.37. The van der Waals surface area contributed by atoms with Gasteiger partial charge in [-0.3, -0.25) is 4.79 Å². The molecule has 2 rings (SSSR count). The monoisotopic (exact) mass is 222 g/mol. The number of hydrogen-bond donors (Lipinski definition) is 1. The summed E-state index contributed by atoms with van der Waals surface area (Å²) >= 11 is 0. The van der Waals surface area contributed by atoms with E-state index in [2.05, 4.69) is 16.8 Å². The number of hydrogen-bond acceptors (Lipinski definition) is 2. The molecule has 2 aliphatic heterocycles. The fourth-order valence-electron chi connectivity index (χ4n) is 3.29. The van der Waals surface area contributed by atoms with E-state index in [-0.39, 0.29) is 5.54 Å². The number of rotatable bonds is 3. The smallest absolute Gasteiger partial charge is 0.223 e. The highest BCUT2D eigenvalue weighted by Gasteiger charge is 2.48. The quantitative estimate of drug-likeness (QED) is 0.737. The van der Waals surface area contributed by atoms with Crippen LogP contribution in [0.3, 0.4) is 0 Å². The fourth-order valence-corrected chi connectivity index (χ4v) is 3.29. The fraction of sp³-hybridized carbons (Fsp3) is 0.769. The van der Waals surface area contributed by atoms with Gasteiger partial charge in [-0.05, 0) is 32.2 Å². The lowest BCUT2D eigenvalue weighted by molar-refractivity contribution is -0.136. The van der Waals surface area contributed by atoms with Crippen LogP contribution < -0.4 is 5.32 Å². The maximum absolute atomic E-state index is 12.1. The summed E-state index contributed by atoms with van der Waals surface area (Å²) in [7, 11) is 0. The molecule has 3 nitrogen and oxygen atoms in total. The summed E-state index contributed by atoms with van der Waals surface area (Å²) in [5.74, 6) is 0.313. The van der Waals surface area contributed by atoms with Crippen LogP contribution in [0.5, 0.6) is 0 Å². The molecule has 2 aliphatic rings. The molecule has 3 heteroatoms. The first-order chi connectivity index (χ1) is 7.73. The summed E-state index contributed by atoms with van der Waals surface area (Å²) in [5.41, 5.74) is 0.0238. The lowest BCUT2D eigenvalue weighted by Crippen LogP contribution is -2.53. The number of nitrogens with zero attached hydrogens (tertiary/aromatic N) is 1. The van der Waals surface area contributed by atoms with Gasteiger partial charge in [-0.2, -0.15) is 0 Å². The molecule has 2 unspecified atom stereocenters. The van der Waals surface area contributed by atoms with Gasteiger partial charge in [-0.25, -0.2) is 0 Å². The predicted molar refractivity (Wildman–Crippen MR) is 65.2 cm³/mol. The summed E-state index contributed by atoms with van der Waals surface area (Å²) in [4.78, 5) is 14.3. The van der Waals surface area contributed by atoms with Gasteiger partial charge in [-0.1, -0.05) is 13.0 Å². The number of carbonyl (C=O) groups is 1. The Balaban J connectivity index is 2.28. The molecule has 1 N–H and O–H groups in total. The highest BCUT2D eigenvalue weighted by molar-refractivity contribution is 5.77. The van der Waals surface area contributed by atoms with Crippen molar-refractivity contribution in [3.63, 3.8) is 0 Å². The highest BCUT2D eigenvalue weighted by atomic mass is 16.2. The van der Waals surface area contributed by atoms with E-state index >= 15 is 0 Å². The number of fused-ring (bicyclic) bond motifs is 2. The standard InChI is InChI=1S/C13H22N2O/c1-3-7-13-8-5-11(6-9-14-10-13)15(13)12(16)4-2/h3,11,14H,1,4-10H2,2H3. The van der Waals surface area contributed by atoms with Gasteiger partial charge in [0.05, 0.1) is 5.54 Å². The van der Waals surface area contributed by atoms with E-state index in [1.165, 1.54) is 6.42 Å². The molecule has 2 bridgehead atoms. The lowest BCUT2D eigenvalue weighted by Gasteiger charge is -2.39. The van der Waals surface area contributed by atoms with E-state index in [0.29, 0.717) is 18.4 Å². The molecular weight excluding hydrogens is 200 g/mol. The topological polar surface area (TPSA) is 32.3 Å². The van der Waals surface area contributed by atoms with Gasteiger partial charge >= 0.3 is 0 Å². The van der Waals surface area contributed by atoms with Crippen LogP contribution in [0.4, 0.5) is 0 Å². The third-order valence-corrected chi connectivity index (χ3v) is 4.02. The highest BCUT2D eigenvalue weighted by Crippen LogP contribution is 2.39. The van der Waals surface area contributed by atoms with E-state index in [4.69, 9.17) is 0 Å². The molecule has 0 aromatic rings. The Morgan fingerprint density at radius 2 is 2.44 bits per heavy atom. The summed E-state index contributed by atoms with van der Waals surface area (Å²) in [6.45, 7) is 7.78. The average molecular weight is 222 g/mol. The Morgan fingerprint density at radius 1 is 1.62 bits per heavy atom. The molecule has 0 saturated carbocycles. The first kappa shape index (κ1) is 11.6. The van der Waals surface area contributed by atoms with Crippen LogP contribution in [0.25, 0.3) is 0 Å². The van der Waals surface area contributed by atoms with Gasteiger partial charge in [0, 0.05) is 19.0 Å². The van der Waals surface area contributed by atoms with E-state index in [1.807, 2.05) is 13.0 Å². The first-order valence-electron chi connectivity index (χ1n) is 6.37. The molecule has 0 radical (unpaired) electrons. The Morgan fingerprint density at radius 3 is 3.12 bits per heavy atom. The molecule has 0 aromatic carbocycles. The van der Waals surface area contributed by atoms with Crippen LogP contribution in [0.15, 0.2) is 12.7 Å². The van der Waals surface area contributed by atoms with Crippen molar-refractivity contribution in [1.82, 2.24) is 10.2 Å². The van der Waals surface area contributed by atoms with Crippen molar-refractivity contribution in [2.75, 3.05) is 13.1 Å². The predicted octanol–water partition coefficient (Wildman–Crippen LogP) is 1.70. The minimum atomic E-state index is 0.0238. The number of amides is 1. The number of nitrogens with one attached hydrogen (secondary N) is 1. The van der Waals surface area contributed by atoms with E-state index in [0.717, 1.165) is 32.4 Å². The van der Waals surface area contributed by atoms with Crippen molar-refractivity contribution in [1.29, 1.82) is 0 Å². The Kier molecular flexibility index (Phi) is 3.33. The van der Waals surface area contributed by atoms with Gasteiger partial charge in [0.2, 0.25) is 5.91 Å². The van der Waals surface area contributed by atoms with Crippen molar-refractivity contribution in [3.8, 4) is 0 Å². The van der Waals surface area contributed by atoms with Crippen LogP contribution in [-0.4, -0.2) is 35.5 Å². The molecule has 1 amide bonds. The molecular formula is C13H22N2O. The van der Waals surface area contributed by atoms with E-state index in [9.17, 15) is 4.79 Å². The molecule has 2 saturated heterocycles. The Hall–Kier alpha value is -0.830. The van der Waals surface area contributed by atoms with Crippen LogP contribution >= 0.6 is 0 Å². The number of carbonyl (C=O) groups excluding carboxylic acids is 1. The summed E-state index contributed by atoms with van der Waals surface area (Å²) in [6, 6.07) is 0.461. The van der Waals surface area contributed by atoms with Crippen molar-refractivity contribution >= 4 is 5.91 Å². The lowest BCUT2D eigenvalue weighted by atomic mass is 9.91. The molecule has 0 aliphatic carbocycles. The summed E-state index contributed by atoms with van der Waals surface area (Å²) in [5, 5.41) is 3.47. The van der Waals surface area contributed by atoms with Crippen molar-refractivity contribution < 1.29 is 4.79 Å². The molecule has 0 spiro atoms. The van der Waals surface area contributed by atoms with Gasteiger partial charge < -0.3 is 10.2 Å². The van der Waals surface area contributed by atoms with Gasteiger partial charge in [-0.15, -0.1) is 6.58 Å². The summed E-state index contributed by atoms with van der Waals surface area (Å²) in [6.07, 6.45) is 6.90. The van der Waals surface area contributed by atoms with Crippen molar-refractivity contribution in [2.24, 2.45) is 0 Å². The molecule has 2 fully saturated rings. The maximum atomic E-state index is 12.1. The maximum Gasteiger partial charge on any atom is 0.223 e. The molecule has 90 valence electrons. The largest absolute Gasteiger partial charge is 0.332 e. The van der Waals surface area contributed by atoms with Crippen LogP contribution in [0.2, 0.25) is 0 Å². The van der Waals surface area contributed by atoms with Crippen molar-refractivity contribution in [3.05, 3.63) is 12.7 Å². The van der Waals surface area contributed by atoms with Crippen LogP contribution in [0, 0.1) is 0 Å². The molecule has 0 aromatic heterocycles. The van der Waals surface area contributed by atoms with Gasteiger partial charge in [0.25, 0.3) is 0 Å². The van der Waals surface area contributed by atoms with Crippen LogP contribution in [0.1, 0.15) is 39.0 Å². The Labute approximate surface area is 97.9 Å². The third kappa shape index (κ3) is 1.77. The van der Waals surface area contributed by atoms with Crippen LogP contribution in [-0.2, 0) is 4.79 Å². The van der Waals surface area contributed by atoms with Gasteiger partial charge in [0.1, 0.15) is 0 Å².